The molecule has 0 radical (unpaired) electrons. The maximum Gasteiger partial charge on any atom is 0.358 e. The van der Waals surface area contributed by atoms with Crippen molar-refractivity contribution >= 4 is 29.2 Å². The van der Waals surface area contributed by atoms with Crippen molar-refractivity contribution < 1.29 is 9.90 Å². The molecule has 3 aromatic rings. The molecule has 0 saturated carbocycles. The van der Waals surface area contributed by atoms with E-state index in [2.05, 4.69) is 10.3 Å². The quantitative estimate of drug-likeness (QED) is 0.774. The van der Waals surface area contributed by atoms with Gasteiger partial charge >= 0.3 is 5.97 Å². The largest absolute Gasteiger partial charge is 0.476 e. The molecule has 7 heteroatoms. The smallest absolute Gasteiger partial charge is 0.358 e. The van der Waals surface area contributed by atoms with E-state index in [1.54, 1.807) is 30.3 Å². The van der Waals surface area contributed by atoms with Crippen LogP contribution in [0.15, 0.2) is 48.5 Å². The van der Waals surface area contributed by atoms with E-state index in [4.69, 9.17) is 23.2 Å². The van der Waals surface area contributed by atoms with Gasteiger partial charge < -0.3 is 5.11 Å². The van der Waals surface area contributed by atoms with Crippen LogP contribution in [-0.4, -0.2) is 26.1 Å². The summed E-state index contributed by atoms with van der Waals surface area (Å²) in [5.41, 5.74) is 1.71. The third kappa shape index (κ3) is 3.21. The summed E-state index contributed by atoms with van der Waals surface area (Å²) in [6, 6.07) is 14.2. The first-order valence-corrected chi connectivity index (χ1v) is 7.48. The van der Waals surface area contributed by atoms with E-state index in [0.717, 1.165) is 5.56 Å². The van der Waals surface area contributed by atoms with Crippen LogP contribution in [0.25, 0.3) is 11.3 Å². The van der Waals surface area contributed by atoms with Gasteiger partial charge in [0, 0.05) is 15.6 Å². The highest BCUT2D eigenvalue weighted by atomic mass is 35.5. The number of halogens is 2. The molecule has 5 nitrogen and oxygen atoms in total. The van der Waals surface area contributed by atoms with Crippen molar-refractivity contribution in [2.45, 2.75) is 6.54 Å². The third-order valence-electron chi connectivity index (χ3n) is 3.31. The molecule has 0 aliphatic rings. The molecule has 0 aliphatic heterocycles. The van der Waals surface area contributed by atoms with Crippen LogP contribution in [0.3, 0.4) is 0 Å². The van der Waals surface area contributed by atoms with Crippen LogP contribution in [0.2, 0.25) is 10.0 Å². The Morgan fingerprint density at radius 1 is 1.13 bits per heavy atom. The number of benzene rings is 2. The molecule has 0 amide bonds. The standard InChI is InChI=1S/C16H11Cl2N3O2/c17-12-6-3-5-10(8-12)15-14(16(22)23)19-20-21(15)9-11-4-1-2-7-13(11)18/h1-8H,9H2,(H,22,23). The number of carboxylic acid groups (broad SMARTS) is 1. The summed E-state index contributed by atoms with van der Waals surface area (Å²) in [6.07, 6.45) is 0. The normalized spacial score (nSPS) is 10.7. The average molecular weight is 348 g/mol. The molecule has 3 rings (SSSR count). The van der Waals surface area contributed by atoms with E-state index in [0.29, 0.717) is 27.8 Å². The van der Waals surface area contributed by atoms with Crippen LogP contribution >= 0.6 is 23.2 Å². The molecule has 0 bridgehead atoms. The van der Waals surface area contributed by atoms with Gasteiger partial charge in [-0.05, 0) is 23.8 Å². The molecule has 0 spiro atoms. The number of carboxylic acids is 1. The van der Waals surface area contributed by atoms with Gasteiger partial charge in [-0.25, -0.2) is 9.48 Å². The minimum atomic E-state index is -1.15. The van der Waals surface area contributed by atoms with Crippen LogP contribution in [0.5, 0.6) is 0 Å². The minimum Gasteiger partial charge on any atom is -0.476 e. The maximum absolute atomic E-state index is 11.4. The fraction of sp³-hybridized carbons (Fsp3) is 0.0625. The zero-order valence-electron chi connectivity index (χ0n) is 11.8. The summed E-state index contributed by atoms with van der Waals surface area (Å²) in [6.45, 7) is 0.307. The lowest BCUT2D eigenvalue weighted by Gasteiger charge is -2.09. The van der Waals surface area contributed by atoms with Gasteiger partial charge in [-0.15, -0.1) is 5.10 Å². The van der Waals surface area contributed by atoms with Gasteiger partial charge in [0.15, 0.2) is 5.69 Å². The Hall–Kier alpha value is -2.37. The van der Waals surface area contributed by atoms with Crippen molar-refractivity contribution in [1.29, 1.82) is 0 Å². The van der Waals surface area contributed by atoms with E-state index in [1.807, 2.05) is 18.2 Å². The lowest BCUT2D eigenvalue weighted by atomic mass is 10.1. The van der Waals surface area contributed by atoms with E-state index in [1.165, 1.54) is 4.68 Å². The summed E-state index contributed by atoms with van der Waals surface area (Å²) in [5.74, 6) is -1.15. The molecular weight excluding hydrogens is 337 g/mol. The number of rotatable bonds is 4. The van der Waals surface area contributed by atoms with Gasteiger partial charge in [-0.2, -0.15) is 0 Å². The second kappa shape index (κ2) is 6.40. The predicted octanol–water partition coefficient (Wildman–Crippen LogP) is 4.00. The highest BCUT2D eigenvalue weighted by molar-refractivity contribution is 6.31. The second-order valence-corrected chi connectivity index (χ2v) is 5.69. The first kappa shape index (κ1) is 15.5. The van der Waals surface area contributed by atoms with Crippen molar-refractivity contribution in [3.8, 4) is 11.3 Å². The Morgan fingerprint density at radius 3 is 2.61 bits per heavy atom. The van der Waals surface area contributed by atoms with Gasteiger partial charge in [0.05, 0.1) is 6.54 Å². The van der Waals surface area contributed by atoms with Crippen LogP contribution in [-0.2, 0) is 6.54 Å². The number of hydrogen-bond acceptors (Lipinski definition) is 3. The Balaban J connectivity index is 2.11. The molecule has 0 aliphatic carbocycles. The molecular formula is C16H11Cl2N3O2. The van der Waals surface area contributed by atoms with E-state index in [9.17, 15) is 9.90 Å². The third-order valence-corrected chi connectivity index (χ3v) is 3.92. The molecule has 0 atom stereocenters. The molecule has 116 valence electrons. The summed E-state index contributed by atoms with van der Waals surface area (Å²) in [5, 5.41) is 18.2. The lowest BCUT2D eigenvalue weighted by molar-refractivity contribution is 0.0691. The van der Waals surface area contributed by atoms with E-state index < -0.39 is 5.97 Å². The Bertz CT molecular complexity index is 877. The number of nitrogens with zero attached hydrogens (tertiary/aromatic N) is 3. The van der Waals surface area contributed by atoms with Gasteiger partial charge in [-0.1, -0.05) is 58.7 Å². The second-order valence-electron chi connectivity index (χ2n) is 4.85. The maximum atomic E-state index is 11.4. The van der Waals surface area contributed by atoms with Gasteiger partial charge in [0.25, 0.3) is 0 Å². The average Bonchev–Trinajstić information content (AvgIpc) is 2.93. The van der Waals surface area contributed by atoms with Crippen molar-refractivity contribution in [3.05, 3.63) is 69.8 Å². The molecule has 1 N–H and O–H groups in total. The Labute approximate surface area is 142 Å². The summed E-state index contributed by atoms with van der Waals surface area (Å²) >= 11 is 12.2. The molecule has 2 aromatic carbocycles. The van der Waals surface area contributed by atoms with Crippen molar-refractivity contribution in [1.82, 2.24) is 15.0 Å². The van der Waals surface area contributed by atoms with Crippen molar-refractivity contribution in [2.75, 3.05) is 0 Å². The minimum absolute atomic E-state index is 0.126. The molecule has 1 heterocycles. The molecule has 1 aromatic heterocycles. The van der Waals surface area contributed by atoms with Crippen molar-refractivity contribution in [3.63, 3.8) is 0 Å². The van der Waals surface area contributed by atoms with E-state index >= 15 is 0 Å². The highest BCUT2D eigenvalue weighted by Gasteiger charge is 2.21. The summed E-state index contributed by atoms with van der Waals surface area (Å²) in [7, 11) is 0. The summed E-state index contributed by atoms with van der Waals surface area (Å²) in [4.78, 5) is 11.4. The number of carbonyl (C=O) groups is 1. The van der Waals surface area contributed by atoms with Crippen LogP contribution in [0.1, 0.15) is 16.1 Å². The zero-order chi connectivity index (χ0) is 16.4. The van der Waals surface area contributed by atoms with Gasteiger partial charge in [0.2, 0.25) is 0 Å². The van der Waals surface area contributed by atoms with Crippen LogP contribution in [0, 0.1) is 0 Å². The fourth-order valence-electron chi connectivity index (χ4n) is 2.28. The monoisotopic (exact) mass is 347 g/mol. The topological polar surface area (TPSA) is 68.0 Å². The number of hydrogen-bond donors (Lipinski definition) is 1. The number of aromatic carboxylic acids is 1. The first-order chi connectivity index (χ1) is 11.1. The van der Waals surface area contributed by atoms with Gasteiger partial charge in [-0.3, -0.25) is 0 Å². The molecule has 0 saturated heterocycles. The SMILES string of the molecule is O=C(O)c1nnn(Cc2ccccc2Cl)c1-c1cccc(Cl)c1. The summed E-state index contributed by atoms with van der Waals surface area (Å²) < 4.78 is 1.51. The van der Waals surface area contributed by atoms with Crippen molar-refractivity contribution in [2.24, 2.45) is 0 Å². The Morgan fingerprint density at radius 2 is 1.91 bits per heavy atom. The van der Waals surface area contributed by atoms with Crippen LogP contribution in [0.4, 0.5) is 0 Å². The molecule has 23 heavy (non-hydrogen) atoms. The molecule has 0 unspecified atom stereocenters. The Kier molecular flexibility index (Phi) is 4.32. The number of aromatic nitrogens is 3. The zero-order valence-corrected chi connectivity index (χ0v) is 13.3. The lowest BCUT2D eigenvalue weighted by Crippen LogP contribution is -2.06. The fourth-order valence-corrected chi connectivity index (χ4v) is 2.66. The van der Waals surface area contributed by atoms with E-state index in [-0.39, 0.29) is 5.69 Å². The van der Waals surface area contributed by atoms with Crippen LogP contribution < -0.4 is 0 Å². The highest BCUT2D eigenvalue weighted by Crippen LogP contribution is 2.26. The predicted molar refractivity (Wildman–Crippen MR) is 88.0 cm³/mol. The molecule has 0 fully saturated rings. The first-order valence-electron chi connectivity index (χ1n) is 6.72. The van der Waals surface area contributed by atoms with Gasteiger partial charge in [0.1, 0.15) is 5.69 Å².